The summed E-state index contributed by atoms with van der Waals surface area (Å²) in [6.45, 7) is 5.91. The lowest BCUT2D eigenvalue weighted by Crippen LogP contribution is -2.46. The smallest absolute Gasteiger partial charge is 0.181 e. The molecule has 2 fully saturated rings. The molecular weight excluding hydrogens is 268 g/mol. The Balaban J connectivity index is 1.42. The Morgan fingerprint density at radius 3 is 2.75 bits per heavy atom. The molecule has 0 atom stereocenters. The molecule has 2 heterocycles. The first-order chi connectivity index (χ1) is 9.78. The van der Waals surface area contributed by atoms with E-state index >= 15 is 0 Å². The van der Waals surface area contributed by atoms with Gasteiger partial charge in [-0.3, -0.25) is 9.80 Å². The third kappa shape index (κ3) is 2.53. The van der Waals surface area contributed by atoms with Crippen LogP contribution in [0.25, 0.3) is 10.2 Å². The predicted octanol–water partition coefficient (Wildman–Crippen LogP) is 2.16. The predicted molar refractivity (Wildman–Crippen MR) is 83.9 cm³/mol. The Hall–Kier alpha value is -1.17. The van der Waals surface area contributed by atoms with Crippen LogP contribution in [0.3, 0.4) is 0 Å². The average Bonchev–Trinajstić information content (AvgIpc) is 3.22. The normalized spacial score (nSPS) is 21.6. The van der Waals surface area contributed by atoms with Crippen molar-refractivity contribution in [3.63, 3.8) is 0 Å². The molecule has 2 aliphatic rings. The molecule has 1 aliphatic carbocycles. The van der Waals surface area contributed by atoms with Crippen LogP contribution in [0.15, 0.2) is 18.2 Å². The topological polar surface area (TPSA) is 45.4 Å². The highest BCUT2D eigenvalue weighted by Crippen LogP contribution is 2.28. The molecule has 2 aromatic rings. The van der Waals surface area contributed by atoms with Crippen LogP contribution in [0.1, 0.15) is 18.4 Å². The maximum absolute atomic E-state index is 5.77. The fourth-order valence-electron chi connectivity index (χ4n) is 3.07. The zero-order valence-corrected chi connectivity index (χ0v) is 12.4. The Labute approximate surface area is 123 Å². The van der Waals surface area contributed by atoms with Gasteiger partial charge in [0, 0.05) is 38.8 Å². The van der Waals surface area contributed by atoms with Crippen molar-refractivity contribution in [3.05, 3.63) is 23.8 Å². The van der Waals surface area contributed by atoms with Crippen LogP contribution >= 0.6 is 11.3 Å². The monoisotopic (exact) mass is 288 g/mol. The van der Waals surface area contributed by atoms with Crippen molar-refractivity contribution in [2.24, 2.45) is 0 Å². The van der Waals surface area contributed by atoms with Crippen LogP contribution in [-0.4, -0.2) is 47.0 Å². The van der Waals surface area contributed by atoms with E-state index in [-0.39, 0.29) is 0 Å². The second-order valence-corrected chi connectivity index (χ2v) is 6.96. The maximum atomic E-state index is 5.77. The second-order valence-electron chi connectivity index (χ2n) is 5.90. The Kier molecular flexibility index (Phi) is 3.13. The summed E-state index contributed by atoms with van der Waals surface area (Å²) in [5.74, 6) is 0. The molecule has 20 heavy (non-hydrogen) atoms. The number of nitrogens with zero attached hydrogens (tertiary/aromatic N) is 3. The number of anilines is 1. The first kappa shape index (κ1) is 12.6. The molecule has 4 nitrogen and oxygen atoms in total. The van der Waals surface area contributed by atoms with Gasteiger partial charge >= 0.3 is 0 Å². The van der Waals surface area contributed by atoms with Crippen molar-refractivity contribution in [1.82, 2.24) is 14.8 Å². The van der Waals surface area contributed by atoms with Crippen molar-refractivity contribution in [3.8, 4) is 0 Å². The van der Waals surface area contributed by atoms with Crippen molar-refractivity contribution in [2.45, 2.75) is 25.4 Å². The average molecular weight is 288 g/mol. The first-order valence-electron chi connectivity index (χ1n) is 7.39. The minimum Gasteiger partial charge on any atom is -0.375 e. The highest BCUT2D eigenvalue weighted by molar-refractivity contribution is 7.22. The molecule has 0 spiro atoms. The van der Waals surface area contributed by atoms with E-state index in [0.29, 0.717) is 5.13 Å². The van der Waals surface area contributed by atoms with Gasteiger partial charge < -0.3 is 5.73 Å². The quantitative estimate of drug-likeness (QED) is 0.940. The second kappa shape index (κ2) is 4.98. The van der Waals surface area contributed by atoms with Crippen LogP contribution < -0.4 is 5.73 Å². The summed E-state index contributed by atoms with van der Waals surface area (Å²) < 4.78 is 1.21. The standard InChI is InChI=1S/C15H20N4S/c16-15-17-13-4-1-11(9-14(13)20-15)10-18-5-7-19(8-6-18)12-2-3-12/h1,4,9,12H,2-3,5-8,10H2,(H2,16,17). The number of nitrogen functional groups attached to an aromatic ring is 1. The number of thiazole rings is 1. The Bertz CT molecular complexity index is 611. The van der Waals surface area contributed by atoms with Gasteiger partial charge in [0.15, 0.2) is 5.13 Å². The number of benzene rings is 1. The molecule has 5 heteroatoms. The number of rotatable bonds is 3. The molecular formula is C15H20N4S. The third-order valence-corrected chi connectivity index (χ3v) is 5.19. The fourth-order valence-corrected chi connectivity index (χ4v) is 3.87. The number of hydrogen-bond acceptors (Lipinski definition) is 5. The fraction of sp³-hybridized carbons (Fsp3) is 0.533. The summed E-state index contributed by atoms with van der Waals surface area (Å²) in [5.41, 5.74) is 8.16. The van der Waals surface area contributed by atoms with Gasteiger partial charge in [-0.05, 0) is 30.5 Å². The van der Waals surface area contributed by atoms with E-state index in [1.165, 1.54) is 49.3 Å². The summed E-state index contributed by atoms with van der Waals surface area (Å²) in [7, 11) is 0. The highest BCUT2D eigenvalue weighted by atomic mass is 32.1. The number of hydrogen-bond donors (Lipinski definition) is 1. The number of aromatic nitrogens is 1. The van der Waals surface area contributed by atoms with Crippen LogP contribution in [0.2, 0.25) is 0 Å². The van der Waals surface area contributed by atoms with Crippen LogP contribution in [-0.2, 0) is 6.54 Å². The molecule has 0 amide bonds. The molecule has 1 saturated carbocycles. The summed E-state index contributed by atoms with van der Waals surface area (Å²) in [5, 5.41) is 0.662. The molecule has 106 valence electrons. The van der Waals surface area contributed by atoms with E-state index in [4.69, 9.17) is 5.73 Å². The zero-order chi connectivity index (χ0) is 13.5. The Morgan fingerprint density at radius 1 is 1.20 bits per heavy atom. The van der Waals surface area contributed by atoms with Crippen molar-refractivity contribution < 1.29 is 0 Å². The summed E-state index contributed by atoms with van der Waals surface area (Å²) >= 11 is 1.58. The lowest BCUT2D eigenvalue weighted by molar-refractivity contribution is 0.121. The Morgan fingerprint density at radius 2 is 2.00 bits per heavy atom. The number of nitrogens with two attached hydrogens (primary N) is 1. The number of fused-ring (bicyclic) bond motifs is 1. The third-order valence-electron chi connectivity index (χ3n) is 4.35. The van der Waals surface area contributed by atoms with Crippen LogP contribution in [0, 0.1) is 0 Å². The van der Waals surface area contributed by atoms with E-state index in [1.807, 2.05) is 0 Å². The molecule has 1 aromatic heterocycles. The molecule has 2 N–H and O–H groups in total. The van der Waals surface area contributed by atoms with Crippen molar-refractivity contribution in [1.29, 1.82) is 0 Å². The van der Waals surface area contributed by atoms with Gasteiger partial charge in [-0.2, -0.15) is 0 Å². The highest BCUT2D eigenvalue weighted by Gasteiger charge is 2.31. The minimum atomic E-state index is 0.662. The lowest BCUT2D eigenvalue weighted by Gasteiger charge is -2.34. The molecule has 0 radical (unpaired) electrons. The summed E-state index contributed by atoms with van der Waals surface area (Å²) in [6.07, 6.45) is 2.84. The van der Waals surface area contributed by atoms with Gasteiger partial charge in [0.05, 0.1) is 10.2 Å². The van der Waals surface area contributed by atoms with E-state index in [9.17, 15) is 0 Å². The van der Waals surface area contributed by atoms with Crippen LogP contribution in [0.5, 0.6) is 0 Å². The van der Waals surface area contributed by atoms with Crippen LogP contribution in [0.4, 0.5) is 5.13 Å². The SMILES string of the molecule is Nc1nc2ccc(CN3CCN(C4CC4)CC3)cc2s1. The summed E-state index contributed by atoms with van der Waals surface area (Å²) in [6, 6.07) is 7.44. The maximum Gasteiger partial charge on any atom is 0.181 e. The molecule has 1 aromatic carbocycles. The van der Waals surface area contributed by atoms with Gasteiger partial charge in [-0.1, -0.05) is 17.4 Å². The lowest BCUT2D eigenvalue weighted by atomic mass is 10.2. The van der Waals surface area contributed by atoms with Gasteiger partial charge in [0.2, 0.25) is 0 Å². The molecule has 0 unspecified atom stereocenters. The van der Waals surface area contributed by atoms with Gasteiger partial charge in [-0.25, -0.2) is 4.98 Å². The minimum absolute atomic E-state index is 0.662. The van der Waals surface area contributed by atoms with E-state index in [2.05, 4.69) is 33.0 Å². The first-order valence-corrected chi connectivity index (χ1v) is 8.21. The zero-order valence-electron chi connectivity index (χ0n) is 11.6. The molecule has 4 rings (SSSR count). The van der Waals surface area contributed by atoms with Gasteiger partial charge in [0.25, 0.3) is 0 Å². The van der Waals surface area contributed by atoms with Crippen molar-refractivity contribution >= 4 is 26.7 Å². The number of piperazine rings is 1. The van der Waals surface area contributed by atoms with Gasteiger partial charge in [0.1, 0.15) is 0 Å². The van der Waals surface area contributed by atoms with E-state index in [0.717, 1.165) is 18.1 Å². The molecule has 0 bridgehead atoms. The van der Waals surface area contributed by atoms with Crippen molar-refractivity contribution in [2.75, 3.05) is 31.9 Å². The molecule has 1 saturated heterocycles. The van der Waals surface area contributed by atoms with Gasteiger partial charge in [-0.15, -0.1) is 0 Å². The van der Waals surface area contributed by atoms with E-state index < -0.39 is 0 Å². The summed E-state index contributed by atoms with van der Waals surface area (Å²) in [4.78, 5) is 9.53. The van der Waals surface area contributed by atoms with E-state index in [1.54, 1.807) is 11.3 Å². The molecule has 1 aliphatic heterocycles. The largest absolute Gasteiger partial charge is 0.375 e.